The Hall–Kier alpha value is -0.933. The molecule has 0 bridgehead atoms. The Bertz CT molecular complexity index is 754. The van der Waals surface area contributed by atoms with Gasteiger partial charge in [-0.3, -0.25) is 5.14 Å². The Kier molecular flexibility index (Phi) is 5.79. The third kappa shape index (κ3) is 4.31. The van der Waals surface area contributed by atoms with Crippen LogP contribution in [0.5, 0.6) is 0 Å². The summed E-state index contributed by atoms with van der Waals surface area (Å²) in [4.78, 5) is 0. The first kappa shape index (κ1) is 19.8. The van der Waals surface area contributed by atoms with Crippen molar-refractivity contribution in [1.29, 1.82) is 0 Å². The summed E-state index contributed by atoms with van der Waals surface area (Å²) in [5.41, 5.74) is 7.81. The van der Waals surface area contributed by atoms with E-state index in [-0.39, 0.29) is 5.25 Å². The number of piperidine rings is 1. The van der Waals surface area contributed by atoms with Gasteiger partial charge in [0.2, 0.25) is 0 Å². The highest BCUT2D eigenvalue weighted by Gasteiger charge is 2.46. The van der Waals surface area contributed by atoms with Crippen molar-refractivity contribution in [2.75, 3.05) is 13.1 Å². The van der Waals surface area contributed by atoms with Crippen molar-refractivity contribution in [3.05, 3.63) is 34.9 Å². The zero-order chi connectivity index (χ0) is 18.9. The molecule has 0 radical (unpaired) electrons. The van der Waals surface area contributed by atoms with Crippen LogP contribution in [0, 0.1) is 16.9 Å². The maximum atomic E-state index is 11.9. The molecule has 1 aliphatic heterocycles. The summed E-state index contributed by atoms with van der Waals surface area (Å²) in [6, 6.07) is 6.79. The minimum Gasteiger partial charge on any atom is -0.317 e. The van der Waals surface area contributed by atoms with Gasteiger partial charge in [-0.05, 0) is 80.3 Å². The summed E-state index contributed by atoms with van der Waals surface area (Å²) in [6.07, 6.45) is 4.42. The molecule has 3 rings (SSSR count). The molecule has 2 unspecified atom stereocenters. The largest absolute Gasteiger partial charge is 0.317 e. The number of nitrogens with one attached hydrogen (secondary N) is 1. The fourth-order valence-electron chi connectivity index (χ4n) is 4.50. The number of hydrogen-bond acceptors (Lipinski definition) is 2. The zero-order valence-corrected chi connectivity index (χ0v) is 18.3. The van der Waals surface area contributed by atoms with E-state index < -0.39 is 19.1 Å². The van der Waals surface area contributed by atoms with Crippen molar-refractivity contribution in [2.45, 2.75) is 63.4 Å². The average Bonchev–Trinajstić information content (AvgIpc) is 2.85. The molecule has 0 aromatic heterocycles. The molecule has 1 saturated heterocycles. The fourth-order valence-corrected chi connectivity index (χ4v) is 5.41. The molecule has 2 aliphatic rings. The summed E-state index contributed by atoms with van der Waals surface area (Å²) < 4.78 is 11.9. The number of fused-ring (bicyclic) bond motifs is 1. The number of benzene rings is 1. The summed E-state index contributed by atoms with van der Waals surface area (Å²) in [6.45, 7) is 11.0. The van der Waals surface area contributed by atoms with E-state index in [4.69, 9.17) is 5.14 Å². The average molecular weight is 389 g/mol. The number of rotatable bonds is 3. The SMILES string of the molecule is CC(C[C@@H]1c2cc(C#C[Si](C)(C)C)ccc2CC12CCNCC2)S(N)=O. The van der Waals surface area contributed by atoms with Crippen LogP contribution in [-0.2, 0) is 17.4 Å². The van der Waals surface area contributed by atoms with E-state index in [2.05, 4.69) is 54.6 Å². The maximum absolute atomic E-state index is 11.9. The Morgan fingerprint density at radius 3 is 2.65 bits per heavy atom. The quantitative estimate of drug-likeness (QED) is 0.616. The molecule has 0 amide bonds. The summed E-state index contributed by atoms with van der Waals surface area (Å²) in [7, 11) is -2.65. The Labute approximate surface area is 162 Å². The third-order valence-corrected chi connectivity index (χ3v) is 7.81. The van der Waals surface area contributed by atoms with E-state index >= 15 is 0 Å². The minimum absolute atomic E-state index is 0.0226. The van der Waals surface area contributed by atoms with Crippen LogP contribution in [-0.4, -0.2) is 30.6 Å². The van der Waals surface area contributed by atoms with Crippen LogP contribution >= 0.6 is 0 Å². The molecule has 1 fully saturated rings. The van der Waals surface area contributed by atoms with Crippen molar-refractivity contribution in [1.82, 2.24) is 5.32 Å². The Morgan fingerprint density at radius 2 is 2.04 bits per heavy atom. The van der Waals surface area contributed by atoms with Gasteiger partial charge in [-0.15, -0.1) is 5.54 Å². The predicted octanol–water partition coefficient (Wildman–Crippen LogP) is 3.33. The topological polar surface area (TPSA) is 55.1 Å². The lowest BCUT2D eigenvalue weighted by Crippen LogP contribution is -2.40. The molecule has 142 valence electrons. The van der Waals surface area contributed by atoms with E-state index in [9.17, 15) is 4.21 Å². The van der Waals surface area contributed by atoms with E-state index in [0.29, 0.717) is 11.3 Å². The standard InChI is InChI=1S/C21H32N2OSSi/c1-16(25(22)24)13-20-19-14-17(7-12-26(2,3)4)5-6-18(19)15-21(20)8-10-23-11-9-21/h5-6,14,16,20,23H,8-11,13,15,22H2,1-4H3/t16?,20-,25?/m1/s1. The normalized spacial score (nSPS) is 23.8. The van der Waals surface area contributed by atoms with Crippen molar-refractivity contribution >= 4 is 19.1 Å². The van der Waals surface area contributed by atoms with Gasteiger partial charge in [-0.2, -0.15) is 0 Å². The van der Waals surface area contributed by atoms with E-state index in [1.54, 1.807) is 0 Å². The molecule has 3 atom stereocenters. The Balaban J connectivity index is 1.97. The van der Waals surface area contributed by atoms with Crippen molar-refractivity contribution in [3.8, 4) is 11.5 Å². The molecule has 0 saturated carbocycles. The maximum Gasteiger partial charge on any atom is 0.129 e. The molecule has 1 spiro atoms. The summed E-state index contributed by atoms with van der Waals surface area (Å²) in [5, 5.41) is 9.25. The van der Waals surface area contributed by atoms with E-state index in [1.165, 1.54) is 24.0 Å². The lowest BCUT2D eigenvalue weighted by atomic mass is 9.68. The highest BCUT2D eigenvalue weighted by atomic mass is 32.2. The third-order valence-electron chi connectivity index (χ3n) is 5.95. The van der Waals surface area contributed by atoms with Gasteiger partial charge in [-0.25, -0.2) is 4.21 Å². The van der Waals surface area contributed by atoms with Crippen LogP contribution in [0.4, 0.5) is 0 Å². The number of hydrogen-bond donors (Lipinski definition) is 2. The second-order valence-electron chi connectivity index (χ2n) is 9.13. The monoisotopic (exact) mass is 388 g/mol. The predicted molar refractivity (Wildman–Crippen MR) is 114 cm³/mol. The molecule has 3 nitrogen and oxygen atoms in total. The van der Waals surface area contributed by atoms with Crippen LogP contribution in [0.2, 0.25) is 19.6 Å². The van der Waals surface area contributed by atoms with Gasteiger partial charge in [-0.1, -0.05) is 31.6 Å². The molecule has 1 heterocycles. The smallest absolute Gasteiger partial charge is 0.129 e. The lowest BCUT2D eigenvalue weighted by molar-refractivity contribution is 0.165. The van der Waals surface area contributed by atoms with Crippen molar-refractivity contribution in [3.63, 3.8) is 0 Å². The molecular formula is C21H32N2OSSi. The van der Waals surface area contributed by atoms with Gasteiger partial charge in [0, 0.05) is 10.8 Å². The van der Waals surface area contributed by atoms with Crippen LogP contribution in [0.1, 0.15) is 48.8 Å². The second kappa shape index (κ2) is 7.59. The second-order valence-corrected chi connectivity index (χ2v) is 15.3. The number of nitrogens with two attached hydrogens (primary N) is 1. The first-order chi connectivity index (χ1) is 12.2. The molecule has 26 heavy (non-hydrogen) atoms. The van der Waals surface area contributed by atoms with E-state index in [1.807, 2.05) is 6.92 Å². The van der Waals surface area contributed by atoms with Gasteiger partial charge in [0.05, 0.1) is 11.0 Å². The summed E-state index contributed by atoms with van der Waals surface area (Å²) >= 11 is 0. The molecular weight excluding hydrogens is 356 g/mol. The van der Waals surface area contributed by atoms with Gasteiger partial charge in [0.25, 0.3) is 0 Å². The van der Waals surface area contributed by atoms with Crippen molar-refractivity contribution < 1.29 is 4.21 Å². The molecule has 1 aromatic carbocycles. The zero-order valence-electron chi connectivity index (χ0n) is 16.5. The van der Waals surface area contributed by atoms with Crippen LogP contribution in [0.15, 0.2) is 18.2 Å². The van der Waals surface area contributed by atoms with Gasteiger partial charge >= 0.3 is 0 Å². The molecule has 3 N–H and O–H groups in total. The highest BCUT2D eigenvalue weighted by Crippen LogP contribution is 2.54. The van der Waals surface area contributed by atoms with Gasteiger partial charge in [0.1, 0.15) is 8.07 Å². The molecule has 1 aromatic rings. The van der Waals surface area contributed by atoms with Crippen molar-refractivity contribution in [2.24, 2.45) is 10.6 Å². The van der Waals surface area contributed by atoms with Crippen LogP contribution in [0.25, 0.3) is 0 Å². The first-order valence-corrected chi connectivity index (χ1v) is 14.5. The first-order valence-electron chi connectivity index (χ1n) is 9.72. The van der Waals surface area contributed by atoms with Crippen LogP contribution in [0.3, 0.4) is 0 Å². The summed E-state index contributed by atoms with van der Waals surface area (Å²) in [5.74, 6) is 3.86. The van der Waals surface area contributed by atoms with Gasteiger partial charge < -0.3 is 5.32 Å². The lowest BCUT2D eigenvalue weighted by Gasteiger charge is -2.40. The van der Waals surface area contributed by atoms with E-state index in [0.717, 1.165) is 31.5 Å². The molecule has 1 aliphatic carbocycles. The van der Waals surface area contributed by atoms with Crippen LogP contribution < -0.4 is 10.5 Å². The Morgan fingerprint density at radius 1 is 1.35 bits per heavy atom. The van der Waals surface area contributed by atoms with Gasteiger partial charge in [0.15, 0.2) is 0 Å². The fraction of sp³-hybridized carbons (Fsp3) is 0.619. The minimum atomic E-state index is -1.39. The molecule has 5 heteroatoms. The highest BCUT2D eigenvalue weighted by molar-refractivity contribution is 7.83.